The molecular weight excluding hydrogens is 176 g/mol. The average Bonchev–Trinajstić information content (AvgIpc) is 2.47. The lowest BCUT2D eigenvalue weighted by Crippen LogP contribution is -2.29. The summed E-state index contributed by atoms with van der Waals surface area (Å²) < 4.78 is 0. The van der Waals surface area contributed by atoms with Crippen molar-refractivity contribution in [3.63, 3.8) is 0 Å². The van der Waals surface area contributed by atoms with E-state index in [9.17, 15) is 9.59 Å². The number of anilines is 1. The van der Waals surface area contributed by atoms with Gasteiger partial charge in [0.15, 0.2) is 0 Å². The zero-order valence-electron chi connectivity index (χ0n) is 6.57. The molecule has 13 heavy (non-hydrogen) atoms. The summed E-state index contributed by atoms with van der Waals surface area (Å²) in [6, 6.07) is 0. The number of nitrogen functional groups attached to an aromatic ring is 1. The first-order valence-corrected chi connectivity index (χ1v) is 3.40. The monoisotopic (exact) mass is 184 g/mol. The summed E-state index contributed by atoms with van der Waals surface area (Å²) in [6.45, 7) is -0.441. The van der Waals surface area contributed by atoms with E-state index >= 15 is 0 Å². The second-order valence-corrected chi connectivity index (χ2v) is 2.27. The van der Waals surface area contributed by atoms with Crippen molar-refractivity contribution in [2.75, 3.05) is 12.3 Å². The number of amides is 1. The molecule has 0 aliphatic rings. The zero-order valence-corrected chi connectivity index (χ0v) is 6.57. The molecule has 0 fully saturated rings. The standard InChI is InChI=1S/C6H8N4O3/c7-5-3(1-9-10-5)6(13)8-2-4(11)12/h1H,2H2,(H,8,13)(H,11,12)(H3,7,9,10). The van der Waals surface area contributed by atoms with Gasteiger partial charge in [-0.3, -0.25) is 14.7 Å². The highest BCUT2D eigenvalue weighted by atomic mass is 16.4. The van der Waals surface area contributed by atoms with Gasteiger partial charge in [-0.1, -0.05) is 0 Å². The Kier molecular flexibility index (Phi) is 2.48. The van der Waals surface area contributed by atoms with Gasteiger partial charge >= 0.3 is 5.97 Å². The van der Waals surface area contributed by atoms with Crippen LogP contribution < -0.4 is 11.1 Å². The Morgan fingerprint density at radius 3 is 2.85 bits per heavy atom. The first-order chi connectivity index (χ1) is 6.11. The molecule has 0 unspecified atom stereocenters. The Hall–Kier alpha value is -2.05. The molecule has 70 valence electrons. The van der Waals surface area contributed by atoms with E-state index < -0.39 is 18.4 Å². The van der Waals surface area contributed by atoms with Gasteiger partial charge < -0.3 is 16.2 Å². The lowest BCUT2D eigenvalue weighted by Gasteiger charge is -1.99. The number of hydrogen-bond acceptors (Lipinski definition) is 4. The van der Waals surface area contributed by atoms with Crippen molar-refractivity contribution >= 4 is 17.7 Å². The van der Waals surface area contributed by atoms with Gasteiger partial charge in [-0.05, 0) is 0 Å². The number of carbonyl (C=O) groups is 2. The van der Waals surface area contributed by atoms with Crippen LogP contribution in [0.15, 0.2) is 6.20 Å². The van der Waals surface area contributed by atoms with Crippen molar-refractivity contribution in [1.82, 2.24) is 15.5 Å². The van der Waals surface area contributed by atoms with Crippen molar-refractivity contribution in [2.24, 2.45) is 0 Å². The number of aromatic nitrogens is 2. The maximum Gasteiger partial charge on any atom is 0.322 e. The van der Waals surface area contributed by atoms with E-state index in [1.54, 1.807) is 0 Å². The average molecular weight is 184 g/mol. The molecule has 1 rings (SSSR count). The second-order valence-electron chi connectivity index (χ2n) is 2.27. The summed E-state index contributed by atoms with van der Waals surface area (Å²) in [5.74, 6) is -1.56. The molecule has 0 atom stereocenters. The van der Waals surface area contributed by atoms with Crippen LogP contribution in [0.25, 0.3) is 0 Å². The molecule has 1 heterocycles. The fraction of sp³-hybridized carbons (Fsp3) is 0.167. The van der Waals surface area contributed by atoms with Gasteiger partial charge in [0.1, 0.15) is 17.9 Å². The van der Waals surface area contributed by atoms with E-state index in [2.05, 4.69) is 15.5 Å². The first kappa shape index (κ1) is 9.04. The van der Waals surface area contributed by atoms with Crippen molar-refractivity contribution < 1.29 is 14.7 Å². The van der Waals surface area contributed by atoms with Crippen LogP contribution in [0.2, 0.25) is 0 Å². The topological polar surface area (TPSA) is 121 Å². The lowest BCUT2D eigenvalue weighted by molar-refractivity contribution is -0.135. The molecule has 0 saturated carbocycles. The maximum absolute atomic E-state index is 11.1. The van der Waals surface area contributed by atoms with Gasteiger partial charge in [0.2, 0.25) is 0 Å². The Bertz CT molecular complexity index is 332. The Morgan fingerprint density at radius 2 is 2.38 bits per heavy atom. The van der Waals surface area contributed by atoms with Gasteiger partial charge in [0.05, 0.1) is 6.20 Å². The summed E-state index contributed by atoms with van der Waals surface area (Å²) in [6.07, 6.45) is 1.23. The van der Waals surface area contributed by atoms with Crippen molar-refractivity contribution in [3.05, 3.63) is 11.8 Å². The highest BCUT2D eigenvalue weighted by molar-refractivity contribution is 5.99. The van der Waals surface area contributed by atoms with Gasteiger partial charge in [0, 0.05) is 0 Å². The smallest absolute Gasteiger partial charge is 0.322 e. The first-order valence-electron chi connectivity index (χ1n) is 3.40. The number of carbonyl (C=O) groups excluding carboxylic acids is 1. The summed E-state index contributed by atoms with van der Waals surface area (Å²) in [7, 11) is 0. The summed E-state index contributed by atoms with van der Waals surface area (Å²) in [5, 5.41) is 16.3. The molecule has 5 N–H and O–H groups in total. The summed E-state index contributed by atoms with van der Waals surface area (Å²) in [4.78, 5) is 21.2. The predicted molar refractivity (Wildman–Crippen MR) is 43.0 cm³/mol. The highest BCUT2D eigenvalue weighted by Crippen LogP contribution is 2.04. The molecule has 1 aromatic rings. The van der Waals surface area contributed by atoms with Crippen LogP contribution in [-0.4, -0.2) is 33.7 Å². The third-order valence-electron chi connectivity index (χ3n) is 1.31. The number of aliphatic carboxylic acids is 1. The Morgan fingerprint density at radius 1 is 1.69 bits per heavy atom. The van der Waals surface area contributed by atoms with Crippen LogP contribution in [0.4, 0.5) is 5.82 Å². The highest BCUT2D eigenvalue weighted by Gasteiger charge is 2.11. The number of nitrogens with two attached hydrogens (primary N) is 1. The van der Waals surface area contributed by atoms with E-state index in [0.717, 1.165) is 0 Å². The fourth-order valence-electron chi connectivity index (χ4n) is 0.728. The largest absolute Gasteiger partial charge is 0.480 e. The van der Waals surface area contributed by atoms with E-state index in [1.807, 2.05) is 0 Å². The summed E-state index contributed by atoms with van der Waals surface area (Å²) in [5.41, 5.74) is 5.46. The van der Waals surface area contributed by atoms with Crippen LogP contribution in [0.5, 0.6) is 0 Å². The molecule has 1 amide bonds. The molecule has 0 bridgehead atoms. The number of carboxylic acid groups (broad SMARTS) is 1. The molecule has 0 spiro atoms. The van der Waals surface area contributed by atoms with E-state index in [-0.39, 0.29) is 11.4 Å². The van der Waals surface area contributed by atoms with Gasteiger partial charge in [0.25, 0.3) is 5.91 Å². The minimum Gasteiger partial charge on any atom is -0.480 e. The molecule has 0 aromatic carbocycles. The molecule has 0 aliphatic heterocycles. The van der Waals surface area contributed by atoms with Crippen LogP contribution in [0.3, 0.4) is 0 Å². The number of rotatable bonds is 3. The molecule has 0 aliphatic carbocycles. The van der Waals surface area contributed by atoms with Crippen LogP contribution in [0.1, 0.15) is 10.4 Å². The Balaban J connectivity index is 2.59. The van der Waals surface area contributed by atoms with E-state index in [4.69, 9.17) is 10.8 Å². The second kappa shape index (κ2) is 3.57. The normalized spacial score (nSPS) is 9.54. The van der Waals surface area contributed by atoms with Crippen molar-refractivity contribution in [2.45, 2.75) is 0 Å². The molecule has 7 heteroatoms. The van der Waals surface area contributed by atoms with Crippen LogP contribution in [0, 0.1) is 0 Å². The fourth-order valence-corrected chi connectivity index (χ4v) is 0.728. The maximum atomic E-state index is 11.1. The molecule has 7 nitrogen and oxygen atoms in total. The molecule has 0 radical (unpaired) electrons. The number of nitrogens with zero attached hydrogens (tertiary/aromatic N) is 1. The predicted octanol–water partition coefficient (Wildman–Crippen LogP) is -1.19. The Labute approximate surface area is 72.9 Å². The number of hydrogen-bond donors (Lipinski definition) is 4. The van der Waals surface area contributed by atoms with Crippen molar-refractivity contribution in [1.29, 1.82) is 0 Å². The molecular formula is C6H8N4O3. The number of nitrogens with one attached hydrogen (secondary N) is 2. The van der Waals surface area contributed by atoms with Crippen LogP contribution in [-0.2, 0) is 4.79 Å². The van der Waals surface area contributed by atoms with Gasteiger partial charge in [-0.15, -0.1) is 0 Å². The number of aromatic amines is 1. The van der Waals surface area contributed by atoms with E-state index in [1.165, 1.54) is 6.20 Å². The molecule has 1 aromatic heterocycles. The minimum atomic E-state index is -1.12. The van der Waals surface area contributed by atoms with Crippen molar-refractivity contribution in [3.8, 4) is 0 Å². The van der Waals surface area contributed by atoms with Gasteiger partial charge in [-0.2, -0.15) is 5.10 Å². The summed E-state index contributed by atoms with van der Waals surface area (Å²) >= 11 is 0. The van der Waals surface area contributed by atoms with Gasteiger partial charge in [-0.25, -0.2) is 0 Å². The third kappa shape index (κ3) is 2.19. The number of carboxylic acids is 1. The third-order valence-corrected chi connectivity index (χ3v) is 1.31. The van der Waals surface area contributed by atoms with E-state index in [0.29, 0.717) is 0 Å². The lowest BCUT2D eigenvalue weighted by atomic mass is 10.3. The quantitative estimate of drug-likeness (QED) is 0.470. The molecule has 0 saturated heterocycles. The zero-order chi connectivity index (χ0) is 9.84. The number of H-pyrrole nitrogens is 1. The van der Waals surface area contributed by atoms with Crippen LogP contribution >= 0.6 is 0 Å². The minimum absolute atomic E-state index is 0.114. The SMILES string of the molecule is Nc1[nH]ncc1C(=O)NCC(=O)O.